The molecule has 0 aromatic heterocycles. The highest BCUT2D eigenvalue weighted by atomic mass is 16.7. The Hall–Kier alpha value is -2.51. The molecule has 8 heteroatoms. The summed E-state index contributed by atoms with van der Waals surface area (Å²) < 4.78 is 16.8. The lowest BCUT2D eigenvalue weighted by molar-refractivity contribution is -0.386. The molecule has 0 radical (unpaired) electrons. The van der Waals surface area contributed by atoms with Gasteiger partial charge in [0.2, 0.25) is 6.79 Å². The van der Waals surface area contributed by atoms with Crippen LogP contribution in [-0.4, -0.2) is 34.8 Å². The first-order valence-electron chi connectivity index (χ1n) is 10.9. The van der Waals surface area contributed by atoms with Crippen molar-refractivity contribution in [2.45, 2.75) is 84.4 Å². The number of benzene rings is 1. The standard InChI is InChI=1S/C22H32N2O6/c1-5-15(4)23(14(2)3)22(25)30-21(16-9-7-6-8-10-16)17-11-19-20(29-13-28-19)12-18(17)24(26)27/h11-12,14-16,21H,5-10,13H2,1-4H3. The second-order valence-corrected chi connectivity index (χ2v) is 8.48. The Balaban J connectivity index is 1.99. The van der Waals surface area contributed by atoms with Crippen LogP contribution in [0.3, 0.4) is 0 Å². The number of hydrogen-bond acceptors (Lipinski definition) is 6. The molecule has 3 rings (SSSR count). The Labute approximate surface area is 177 Å². The zero-order valence-electron chi connectivity index (χ0n) is 18.3. The van der Waals surface area contributed by atoms with Gasteiger partial charge in [-0.3, -0.25) is 10.1 Å². The molecule has 0 spiro atoms. The molecular weight excluding hydrogens is 388 g/mol. The van der Waals surface area contributed by atoms with Crippen molar-refractivity contribution in [1.29, 1.82) is 0 Å². The average molecular weight is 421 g/mol. The van der Waals surface area contributed by atoms with Gasteiger partial charge in [-0.25, -0.2) is 4.79 Å². The first-order chi connectivity index (χ1) is 14.3. The monoisotopic (exact) mass is 420 g/mol. The van der Waals surface area contributed by atoms with Gasteiger partial charge in [0.15, 0.2) is 11.5 Å². The molecule has 0 bridgehead atoms. The summed E-state index contributed by atoms with van der Waals surface area (Å²) in [5, 5.41) is 11.8. The van der Waals surface area contributed by atoms with Gasteiger partial charge in [-0.05, 0) is 46.1 Å². The van der Waals surface area contributed by atoms with E-state index in [9.17, 15) is 14.9 Å². The van der Waals surface area contributed by atoms with E-state index in [0.717, 1.165) is 38.5 Å². The molecular formula is C22H32N2O6. The van der Waals surface area contributed by atoms with E-state index >= 15 is 0 Å². The van der Waals surface area contributed by atoms with Gasteiger partial charge in [-0.1, -0.05) is 26.2 Å². The summed E-state index contributed by atoms with van der Waals surface area (Å²) in [6, 6.07) is 2.98. The molecule has 0 saturated heterocycles. The number of nitro benzene ring substituents is 1. The minimum absolute atomic E-state index is 0.0104. The Bertz CT molecular complexity index is 775. The topological polar surface area (TPSA) is 91.1 Å². The molecule has 2 aliphatic rings. The maximum absolute atomic E-state index is 13.2. The van der Waals surface area contributed by atoms with Crippen molar-refractivity contribution in [1.82, 2.24) is 4.90 Å². The third kappa shape index (κ3) is 4.63. The van der Waals surface area contributed by atoms with Crippen LogP contribution in [0.5, 0.6) is 11.5 Å². The first kappa shape index (κ1) is 22.2. The van der Waals surface area contributed by atoms with Crippen molar-refractivity contribution in [2.75, 3.05) is 6.79 Å². The Morgan fingerprint density at radius 3 is 2.40 bits per heavy atom. The first-order valence-corrected chi connectivity index (χ1v) is 10.9. The van der Waals surface area contributed by atoms with E-state index in [1.54, 1.807) is 11.0 Å². The number of rotatable bonds is 7. The molecule has 1 heterocycles. The van der Waals surface area contributed by atoms with Crippen LogP contribution in [0.15, 0.2) is 12.1 Å². The summed E-state index contributed by atoms with van der Waals surface area (Å²) in [4.78, 5) is 26.3. The van der Waals surface area contributed by atoms with Gasteiger partial charge in [0.05, 0.1) is 16.6 Å². The van der Waals surface area contributed by atoms with E-state index < -0.39 is 17.1 Å². The van der Waals surface area contributed by atoms with Gasteiger partial charge in [0, 0.05) is 18.0 Å². The SMILES string of the molecule is CCC(C)N(C(=O)OC(c1cc2c(cc1[N+](=O)[O-])OCO2)C1CCCCC1)C(C)C. The van der Waals surface area contributed by atoms with Gasteiger partial charge >= 0.3 is 6.09 Å². The minimum Gasteiger partial charge on any atom is -0.454 e. The van der Waals surface area contributed by atoms with E-state index in [2.05, 4.69) is 0 Å². The fourth-order valence-corrected chi connectivity index (χ4v) is 4.45. The number of carbonyl (C=O) groups excluding carboxylic acids is 1. The summed E-state index contributed by atoms with van der Waals surface area (Å²) in [6.07, 6.45) is 4.59. The summed E-state index contributed by atoms with van der Waals surface area (Å²) in [6.45, 7) is 7.94. The number of carbonyl (C=O) groups is 1. The van der Waals surface area contributed by atoms with Crippen molar-refractivity contribution in [3.8, 4) is 11.5 Å². The molecule has 30 heavy (non-hydrogen) atoms. The van der Waals surface area contributed by atoms with Crippen molar-refractivity contribution in [3.05, 3.63) is 27.8 Å². The predicted octanol–water partition coefficient (Wildman–Crippen LogP) is 5.59. The van der Waals surface area contributed by atoms with Crippen LogP contribution in [-0.2, 0) is 4.74 Å². The van der Waals surface area contributed by atoms with E-state index in [0.29, 0.717) is 17.1 Å². The number of fused-ring (bicyclic) bond motifs is 1. The molecule has 1 amide bonds. The lowest BCUT2D eigenvalue weighted by atomic mass is 9.82. The van der Waals surface area contributed by atoms with Crippen LogP contribution >= 0.6 is 0 Å². The summed E-state index contributed by atoms with van der Waals surface area (Å²) in [5.41, 5.74) is 0.291. The van der Waals surface area contributed by atoms with Crippen LogP contribution in [0, 0.1) is 16.0 Å². The van der Waals surface area contributed by atoms with Crippen molar-refractivity contribution < 1.29 is 23.9 Å². The highest BCUT2D eigenvalue weighted by Gasteiger charge is 2.37. The van der Waals surface area contributed by atoms with Crippen LogP contribution < -0.4 is 9.47 Å². The molecule has 1 aromatic carbocycles. The van der Waals surface area contributed by atoms with Crippen LogP contribution in [0.4, 0.5) is 10.5 Å². The van der Waals surface area contributed by atoms with Gasteiger partial charge in [0.25, 0.3) is 5.69 Å². The van der Waals surface area contributed by atoms with E-state index in [1.807, 2.05) is 27.7 Å². The Kier molecular flexibility index (Phi) is 7.05. The van der Waals surface area contributed by atoms with Crippen molar-refractivity contribution in [3.63, 3.8) is 0 Å². The second kappa shape index (κ2) is 9.53. The zero-order valence-corrected chi connectivity index (χ0v) is 18.3. The molecule has 0 N–H and O–H groups in total. The minimum atomic E-state index is -0.696. The Morgan fingerprint density at radius 2 is 1.83 bits per heavy atom. The van der Waals surface area contributed by atoms with Gasteiger partial charge in [-0.15, -0.1) is 0 Å². The smallest absolute Gasteiger partial charge is 0.410 e. The maximum atomic E-state index is 13.2. The summed E-state index contributed by atoms with van der Waals surface area (Å²) >= 11 is 0. The van der Waals surface area contributed by atoms with Crippen molar-refractivity contribution >= 4 is 11.8 Å². The third-order valence-electron chi connectivity index (χ3n) is 6.16. The highest BCUT2D eigenvalue weighted by Crippen LogP contribution is 2.46. The van der Waals surface area contributed by atoms with Gasteiger partial charge in [-0.2, -0.15) is 0 Å². The van der Waals surface area contributed by atoms with Crippen LogP contribution in [0.25, 0.3) is 0 Å². The number of nitrogens with zero attached hydrogens (tertiary/aromatic N) is 2. The summed E-state index contributed by atoms with van der Waals surface area (Å²) in [5.74, 6) is 0.838. The van der Waals surface area contributed by atoms with E-state index in [4.69, 9.17) is 14.2 Å². The molecule has 1 aliphatic heterocycles. The molecule has 166 valence electrons. The fourth-order valence-electron chi connectivity index (χ4n) is 4.45. The molecule has 1 fully saturated rings. The van der Waals surface area contributed by atoms with Gasteiger partial charge in [0.1, 0.15) is 6.10 Å². The predicted molar refractivity (Wildman–Crippen MR) is 112 cm³/mol. The van der Waals surface area contributed by atoms with Crippen LogP contribution in [0.2, 0.25) is 0 Å². The van der Waals surface area contributed by atoms with E-state index in [-0.39, 0.29) is 30.5 Å². The van der Waals surface area contributed by atoms with Crippen molar-refractivity contribution in [2.24, 2.45) is 5.92 Å². The lowest BCUT2D eigenvalue weighted by Gasteiger charge is -2.35. The normalized spacial score (nSPS) is 18.2. The number of amides is 1. The molecule has 1 aromatic rings. The average Bonchev–Trinajstić information content (AvgIpc) is 3.19. The second-order valence-electron chi connectivity index (χ2n) is 8.48. The number of hydrogen-bond donors (Lipinski definition) is 0. The van der Waals surface area contributed by atoms with Crippen LogP contribution in [0.1, 0.15) is 77.9 Å². The maximum Gasteiger partial charge on any atom is 0.410 e. The molecule has 1 saturated carbocycles. The molecule has 2 unspecified atom stereocenters. The van der Waals surface area contributed by atoms with Gasteiger partial charge < -0.3 is 19.1 Å². The summed E-state index contributed by atoms with van der Waals surface area (Å²) in [7, 11) is 0. The fraction of sp³-hybridized carbons (Fsp3) is 0.682. The molecule has 1 aliphatic carbocycles. The lowest BCUT2D eigenvalue weighted by Crippen LogP contribution is -2.44. The largest absolute Gasteiger partial charge is 0.454 e. The van der Waals surface area contributed by atoms with E-state index in [1.165, 1.54) is 6.07 Å². The zero-order chi connectivity index (χ0) is 21.8. The highest BCUT2D eigenvalue weighted by molar-refractivity contribution is 5.69. The Morgan fingerprint density at radius 1 is 1.20 bits per heavy atom. The number of nitro groups is 1. The molecule has 2 atom stereocenters. The quantitative estimate of drug-likeness (QED) is 0.422. The number of ether oxygens (including phenoxy) is 3. The molecule has 8 nitrogen and oxygen atoms in total. The third-order valence-corrected chi connectivity index (χ3v) is 6.16.